The second kappa shape index (κ2) is 16.9. The quantitative estimate of drug-likeness (QED) is 0.0778. The number of H-pyrrole nitrogens is 1. The van der Waals surface area contributed by atoms with Gasteiger partial charge >= 0.3 is 5.97 Å². The maximum atomic E-state index is 13.1. The fourth-order valence-corrected chi connectivity index (χ4v) is 3.48. The van der Waals surface area contributed by atoms with Crippen LogP contribution in [0.2, 0.25) is 0 Å². The zero-order valence-corrected chi connectivity index (χ0v) is 20.6. The van der Waals surface area contributed by atoms with Crippen molar-refractivity contribution in [3.63, 3.8) is 0 Å². The van der Waals surface area contributed by atoms with Gasteiger partial charge in [-0.1, -0.05) is 6.42 Å². The van der Waals surface area contributed by atoms with Gasteiger partial charge in [-0.05, 0) is 45.2 Å². The SMILES string of the molecule is NCCCCC(N)C(=O)NC(CCCCN)C(=O)NC(Cc1cnc[nH]1)C(=O)NC(CS)C(=O)O. The van der Waals surface area contributed by atoms with Gasteiger partial charge in [0.15, 0.2) is 0 Å². The molecule has 0 aliphatic carbocycles. The van der Waals surface area contributed by atoms with Crippen LogP contribution in [-0.2, 0) is 25.6 Å². The summed E-state index contributed by atoms with van der Waals surface area (Å²) in [6, 6.07) is -4.12. The van der Waals surface area contributed by atoms with Gasteiger partial charge in [-0.25, -0.2) is 9.78 Å². The minimum Gasteiger partial charge on any atom is -0.480 e. The van der Waals surface area contributed by atoms with Gasteiger partial charge in [-0.2, -0.15) is 12.6 Å². The number of amides is 3. The van der Waals surface area contributed by atoms with E-state index in [9.17, 15) is 24.3 Å². The Morgan fingerprint density at radius 1 is 0.914 bits per heavy atom. The molecular weight excluding hydrogens is 476 g/mol. The number of unbranched alkanes of at least 4 members (excludes halogenated alkanes) is 2. The minimum atomic E-state index is -1.25. The van der Waals surface area contributed by atoms with Gasteiger partial charge in [0.05, 0.1) is 12.4 Å². The monoisotopic (exact) mass is 514 g/mol. The summed E-state index contributed by atoms with van der Waals surface area (Å²) in [4.78, 5) is 56.6. The molecule has 0 aliphatic heterocycles. The topological polar surface area (TPSA) is 231 Å². The third-order valence-electron chi connectivity index (χ3n) is 5.29. The lowest BCUT2D eigenvalue weighted by molar-refractivity contribution is -0.141. The van der Waals surface area contributed by atoms with Crippen LogP contribution in [0.25, 0.3) is 0 Å². The Hall–Kier alpha value is -2.68. The van der Waals surface area contributed by atoms with E-state index in [0.29, 0.717) is 44.5 Å². The molecule has 1 rings (SSSR count). The number of carboxylic acids is 1. The lowest BCUT2D eigenvalue weighted by Crippen LogP contribution is -2.57. The van der Waals surface area contributed by atoms with Crippen LogP contribution < -0.4 is 33.2 Å². The lowest BCUT2D eigenvalue weighted by atomic mass is 10.0. The molecule has 0 fully saturated rings. The van der Waals surface area contributed by atoms with E-state index < -0.39 is 47.9 Å². The van der Waals surface area contributed by atoms with Crippen molar-refractivity contribution in [3.05, 3.63) is 18.2 Å². The number of aromatic nitrogens is 2. The molecule has 3 amide bonds. The van der Waals surface area contributed by atoms with Crippen molar-refractivity contribution in [2.75, 3.05) is 18.8 Å². The first-order valence-corrected chi connectivity index (χ1v) is 12.2. The van der Waals surface area contributed by atoms with Crippen molar-refractivity contribution in [2.45, 2.75) is 69.1 Å². The molecule has 1 aromatic heterocycles. The van der Waals surface area contributed by atoms with Crippen LogP contribution in [0.15, 0.2) is 12.5 Å². The first-order chi connectivity index (χ1) is 16.7. The molecule has 0 spiro atoms. The Morgan fingerprint density at radius 3 is 2.03 bits per heavy atom. The number of carbonyl (C=O) groups is 4. The molecule has 0 bridgehead atoms. The summed E-state index contributed by atoms with van der Waals surface area (Å²) < 4.78 is 0. The molecule has 1 heterocycles. The van der Waals surface area contributed by atoms with Gasteiger partial charge in [0.1, 0.15) is 18.1 Å². The molecule has 14 heteroatoms. The Bertz CT molecular complexity index is 795. The number of nitrogens with one attached hydrogen (secondary N) is 4. The summed E-state index contributed by atoms with van der Waals surface area (Å²) in [7, 11) is 0. The lowest BCUT2D eigenvalue weighted by Gasteiger charge is -2.25. The van der Waals surface area contributed by atoms with E-state index in [2.05, 4.69) is 38.5 Å². The number of thiol groups is 1. The zero-order valence-electron chi connectivity index (χ0n) is 19.7. The number of nitrogens with two attached hydrogens (primary N) is 3. The molecule has 1 aromatic rings. The van der Waals surface area contributed by atoms with Crippen LogP contribution >= 0.6 is 12.6 Å². The highest BCUT2D eigenvalue weighted by Gasteiger charge is 2.30. The van der Waals surface area contributed by atoms with E-state index in [4.69, 9.17) is 17.2 Å². The van der Waals surface area contributed by atoms with E-state index >= 15 is 0 Å². The third-order valence-corrected chi connectivity index (χ3v) is 5.66. The minimum absolute atomic E-state index is 0.0263. The molecule has 35 heavy (non-hydrogen) atoms. The van der Waals surface area contributed by atoms with Gasteiger partial charge in [0.25, 0.3) is 0 Å². The summed E-state index contributed by atoms with van der Waals surface area (Å²) in [5, 5.41) is 16.9. The van der Waals surface area contributed by atoms with E-state index in [1.165, 1.54) is 12.5 Å². The van der Waals surface area contributed by atoms with E-state index in [1.54, 1.807) is 0 Å². The summed E-state index contributed by atoms with van der Waals surface area (Å²) in [5.41, 5.74) is 17.5. The first kappa shape index (κ1) is 30.4. The second-order valence-corrected chi connectivity index (χ2v) is 8.53. The van der Waals surface area contributed by atoms with Crippen molar-refractivity contribution in [2.24, 2.45) is 17.2 Å². The predicted molar refractivity (Wildman–Crippen MR) is 133 cm³/mol. The van der Waals surface area contributed by atoms with Crippen LogP contribution in [0.4, 0.5) is 0 Å². The predicted octanol–water partition coefficient (Wildman–Crippen LogP) is -1.99. The average Bonchev–Trinajstić information content (AvgIpc) is 3.34. The maximum Gasteiger partial charge on any atom is 0.327 e. The van der Waals surface area contributed by atoms with Gasteiger partial charge in [0.2, 0.25) is 17.7 Å². The molecular formula is C21H38N8O5S. The van der Waals surface area contributed by atoms with E-state index in [1.807, 2.05) is 0 Å². The van der Waals surface area contributed by atoms with Gasteiger partial charge in [-0.3, -0.25) is 14.4 Å². The number of hydrogen-bond donors (Lipinski definition) is 9. The molecule has 0 saturated heterocycles. The number of carboxylic acid groups (broad SMARTS) is 1. The van der Waals surface area contributed by atoms with Crippen LogP contribution in [0.5, 0.6) is 0 Å². The molecule has 198 valence electrons. The summed E-state index contributed by atoms with van der Waals surface area (Å²) in [5.74, 6) is -3.17. The second-order valence-electron chi connectivity index (χ2n) is 8.16. The smallest absolute Gasteiger partial charge is 0.327 e. The number of carbonyl (C=O) groups excluding carboxylic acids is 3. The Labute approximate surface area is 210 Å². The fraction of sp³-hybridized carbons (Fsp3) is 0.667. The number of nitrogens with zero attached hydrogens (tertiary/aromatic N) is 1. The van der Waals surface area contributed by atoms with Gasteiger partial charge in [0, 0.05) is 24.1 Å². The van der Waals surface area contributed by atoms with E-state index in [-0.39, 0.29) is 18.6 Å². The fourth-order valence-electron chi connectivity index (χ4n) is 3.24. The highest BCUT2D eigenvalue weighted by Crippen LogP contribution is 2.06. The Morgan fingerprint density at radius 2 is 1.49 bits per heavy atom. The number of rotatable bonds is 18. The number of imidazole rings is 1. The number of hydrogen-bond acceptors (Lipinski definition) is 9. The van der Waals surface area contributed by atoms with Crippen molar-refractivity contribution in [1.29, 1.82) is 0 Å². The van der Waals surface area contributed by atoms with Crippen molar-refractivity contribution >= 4 is 36.3 Å². The average molecular weight is 515 g/mol. The van der Waals surface area contributed by atoms with Gasteiger partial charge in [-0.15, -0.1) is 0 Å². The maximum absolute atomic E-state index is 13.1. The molecule has 13 nitrogen and oxygen atoms in total. The zero-order chi connectivity index (χ0) is 26.2. The number of aromatic amines is 1. The molecule has 0 aromatic carbocycles. The molecule has 0 radical (unpaired) electrons. The molecule has 11 N–H and O–H groups in total. The summed E-state index contributed by atoms with van der Waals surface area (Å²) in [6.07, 6.45) is 6.26. The van der Waals surface area contributed by atoms with Crippen molar-refractivity contribution in [3.8, 4) is 0 Å². The highest BCUT2D eigenvalue weighted by molar-refractivity contribution is 7.80. The standard InChI is InChI=1S/C21H38N8O5S/c22-7-3-1-5-14(24)18(30)27-15(6-2-4-8-23)19(31)28-16(9-13-10-25-12-26-13)20(32)29-17(11-35)21(33)34/h10,12,14-17,35H,1-9,11,22-24H2,(H,25,26)(H,27,30)(H,28,31)(H,29,32)(H,33,34). The Balaban J connectivity index is 2.96. The first-order valence-electron chi connectivity index (χ1n) is 11.6. The highest BCUT2D eigenvalue weighted by atomic mass is 32.1. The van der Waals surface area contributed by atoms with Crippen LogP contribution in [0.1, 0.15) is 44.2 Å². The van der Waals surface area contributed by atoms with Crippen molar-refractivity contribution < 1.29 is 24.3 Å². The van der Waals surface area contributed by atoms with Gasteiger partial charge < -0.3 is 43.2 Å². The van der Waals surface area contributed by atoms with Crippen LogP contribution in [0.3, 0.4) is 0 Å². The number of aliphatic carboxylic acids is 1. The largest absolute Gasteiger partial charge is 0.480 e. The summed E-state index contributed by atoms with van der Waals surface area (Å²) in [6.45, 7) is 0.917. The molecule has 0 aliphatic rings. The van der Waals surface area contributed by atoms with Crippen LogP contribution in [0, 0.1) is 0 Å². The normalized spacial score (nSPS) is 14.4. The molecule has 4 unspecified atom stereocenters. The van der Waals surface area contributed by atoms with Crippen molar-refractivity contribution in [1.82, 2.24) is 25.9 Å². The molecule has 0 saturated carbocycles. The summed E-state index contributed by atoms with van der Waals surface area (Å²) >= 11 is 3.95. The Kier molecular flexibility index (Phi) is 14.6. The van der Waals surface area contributed by atoms with Crippen LogP contribution in [-0.4, -0.2) is 81.8 Å². The third kappa shape index (κ3) is 11.5. The molecule has 4 atom stereocenters. The van der Waals surface area contributed by atoms with E-state index in [0.717, 1.165) is 6.42 Å².